The molecule has 12 aliphatic heterocycles. The molecule has 0 aliphatic carbocycles. The predicted octanol–water partition coefficient (Wildman–Crippen LogP) is -12.2. The van der Waals surface area contributed by atoms with Crippen molar-refractivity contribution in [3.05, 3.63) is 0 Å². The molecule has 12 rings (SSSR count). The van der Waals surface area contributed by atoms with E-state index in [4.69, 9.17) is 66.3 Å². The maximum absolute atomic E-state index is 12.4. The molecular formula is C40H64O31. The number of rotatable bonds is 5. The molecule has 16 N–H and O–H groups in total. The van der Waals surface area contributed by atoms with Crippen LogP contribution in [0.3, 0.4) is 0 Å². The van der Waals surface area contributed by atoms with Crippen molar-refractivity contribution in [2.24, 2.45) is 5.92 Å². The zero-order chi connectivity index (χ0) is 51.2. The Balaban J connectivity index is 1.19. The van der Waals surface area contributed by atoms with Gasteiger partial charge in [0.2, 0.25) is 0 Å². The molecule has 12 fully saturated rings. The number of aliphatic hydroxyl groups is 16. The minimum absolute atomic E-state index is 0.418. The number of aliphatic hydroxyl groups excluding tert-OH is 16. The zero-order valence-electron chi connectivity index (χ0n) is 37.4. The van der Waals surface area contributed by atoms with Gasteiger partial charge in [0, 0.05) is 0 Å². The van der Waals surface area contributed by atoms with Crippen molar-refractivity contribution in [3.63, 3.8) is 0 Å². The van der Waals surface area contributed by atoms with Crippen LogP contribution in [0, 0.1) is 5.92 Å². The quantitative estimate of drug-likeness (QED) is 0.114. The van der Waals surface area contributed by atoms with Gasteiger partial charge < -0.3 is 153 Å². The third-order valence-electron chi connectivity index (χ3n) is 13.7. The van der Waals surface area contributed by atoms with Crippen LogP contribution in [0.2, 0.25) is 0 Å². The van der Waals surface area contributed by atoms with Crippen molar-refractivity contribution in [3.8, 4) is 0 Å². The summed E-state index contributed by atoms with van der Waals surface area (Å²) in [5.41, 5.74) is 0. The Kier molecular flexibility index (Phi) is 18.7. The Labute approximate surface area is 401 Å². The summed E-state index contributed by atoms with van der Waals surface area (Å²) in [6, 6.07) is 0. The SMILES string of the molecule is O=CC1COC[C@H]2O[C@@H]3O[C@H]4C(O)[C@@H](O)[C@H](O[C@@H]4CO)O[C@H]4C(O)[C@@H](O)[C@@H](O[C@H]5[C@H](O)[C@@H](O)[C@@H](O[C@H]6[C@H](O)[C@@H](O)[C@@H](O[C@H]7[C@H](O)[C@@H](O)[C@@H](O[C@H]2[C@H](O)[C@H]3O)O[C@@H]7CO)O[C@@H]6CO)O[C@@H]5COC1)O[C@@H]4CO. The highest BCUT2D eigenvalue weighted by Crippen LogP contribution is 2.38. The fraction of sp³-hybridized carbons (Fsp3) is 0.975. The molecule has 12 saturated heterocycles. The van der Waals surface area contributed by atoms with Crippen LogP contribution in [0.1, 0.15) is 0 Å². The van der Waals surface area contributed by atoms with E-state index in [-0.39, 0.29) is 0 Å². The second-order valence-electron chi connectivity index (χ2n) is 18.5. The summed E-state index contributed by atoms with van der Waals surface area (Å²) < 4.78 is 81.6. The highest BCUT2D eigenvalue weighted by Gasteiger charge is 2.59. The maximum Gasteiger partial charge on any atom is 0.187 e. The van der Waals surface area contributed by atoms with E-state index in [2.05, 4.69) is 0 Å². The summed E-state index contributed by atoms with van der Waals surface area (Å²) in [5, 5.41) is 179. The molecule has 31 nitrogen and oxygen atoms in total. The first kappa shape index (κ1) is 55.7. The van der Waals surface area contributed by atoms with E-state index < -0.39 is 243 Å². The van der Waals surface area contributed by atoms with Gasteiger partial charge in [-0.3, -0.25) is 0 Å². The zero-order valence-corrected chi connectivity index (χ0v) is 37.4. The van der Waals surface area contributed by atoms with E-state index >= 15 is 0 Å². The van der Waals surface area contributed by atoms with Gasteiger partial charge in [-0.2, -0.15) is 0 Å². The minimum Gasteiger partial charge on any atom is -0.394 e. The lowest BCUT2D eigenvalue weighted by Gasteiger charge is -2.50. The molecule has 71 heavy (non-hydrogen) atoms. The standard InChI is InChI=1S/C40H64O31/c41-1-10-6-58-8-15-33-21(50)27(56)39(64-15)69-32-14(5-45)61-36(24(53)18(32)47)67-30-12(3-43)63-38(26(55)20(30)49)71-34-16(9-59-7-10)65-40(28(57)22(34)51)68-31-13(4-44)60-35(23(52)17(31)46)66-29-11(2-42)62-37(70-33)25(54)19(29)48/h1,10-40,42-57H,2-9H2/t10?,11-,12-,13-,14-,15-,16-,17-,18?,19-,20?,21-,22-,23-,24-,25-,26-,27-,28-,29-,30-,31-,32-,33-,34-,35-,36-,37-,38-,39-,40-/m1/s1. The van der Waals surface area contributed by atoms with Crippen LogP contribution in [-0.2, 0) is 71.1 Å². The molecular weight excluding hydrogens is 976 g/mol. The first-order chi connectivity index (χ1) is 33.9. The normalized spacial score (nSPS) is 54.7. The van der Waals surface area contributed by atoms with Crippen molar-refractivity contribution in [1.29, 1.82) is 0 Å². The summed E-state index contributed by atoms with van der Waals surface area (Å²) >= 11 is 0. The van der Waals surface area contributed by atoms with E-state index in [0.29, 0.717) is 6.29 Å². The topological polar surface area (TPSA) is 470 Å². The van der Waals surface area contributed by atoms with Gasteiger partial charge >= 0.3 is 0 Å². The van der Waals surface area contributed by atoms with Crippen LogP contribution < -0.4 is 0 Å². The van der Waals surface area contributed by atoms with Crippen LogP contribution in [0.5, 0.6) is 0 Å². The van der Waals surface area contributed by atoms with Crippen LogP contribution in [0.15, 0.2) is 0 Å². The van der Waals surface area contributed by atoms with Gasteiger partial charge in [0.15, 0.2) is 37.7 Å². The van der Waals surface area contributed by atoms with Gasteiger partial charge in [-0.05, 0) is 0 Å². The lowest BCUT2D eigenvalue weighted by Crippen LogP contribution is -2.69. The number of aldehydes is 1. The summed E-state index contributed by atoms with van der Waals surface area (Å²) in [7, 11) is 0. The van der Waals surface area contributed by atoms with Gasteiger partial charge in [0.1, 0.15) is 153 Å². The van der Waals surface area contributed by atoms with Gasteiger partial charge in [-0.1, -0.05) is 0 Å². The van der Waals surface area contributed by atoms with Crippen LogP contribution >= 0.6 is 0 Å². The average Bonchev–Trinajstić information content (AvgIpc) is 3.36. The summed E-state index contributed by atoms with van der Waals surface area (Å²) in [6.07, 6.45) is -58.0. The molecule has 31 atom stereocenters. The molecule has 410 valence electrons. The van der Waals surface area contributed by atoms with Gasteiger partial charge in [-0.15, -0.1) is 0 Å². The predicted molar refractivity (Wildman–Crippen MR) is 213 cm³/mol. The highest BCUT2D eigenvalue weighted by molar-refractivity contribution is 5.53. The fourth-order valence-corrected chi connectivity index (χ4v) is 9.70. The Morgan fingerprint density at radius 2 is 0.521 bits per heavy atom. The van der Waals surface area contributed by atoms with E-state index in [0.717, 1.165) is 0 Å². The second-order valence-corrected chi connectivity index (χ2v) is 18.5. The fourth-order valence-electron chi connectivity index (χ4n) is 9.70. The number of hydrogen-bond acceptors (Lipinski definition) is 31. The maximum atomic E-state index is 12.4. The Morgan fingerprint density at radius 3 is 0.761 bits per heavy atom. The molecule has 0 aromatic heterocycles. The molecule has 0 aromatic rings. The monoisotopic (exact) mass is 1040 g/mol. The van der Waals surface area contributed by atoms with E-state index in [1.165, 1.54) is 0 Å². The van der Waals surface area contributed by atoms with Gasteiger partial charge in [0.05, 0.1) is 58.8 Å². The van der Waals surface area contributed by atoms with Gasteiger partial charge in [-0.25, -0.2) is 0 Å². The van der Waals surface area contributed by atoms with Crippen molar-refractivity contribution >= 4 is 6.29 Å². The lowest BCUT2D eigenvalue weighted by atomic mass is 9.94. The number of ether oxygens (including phenoxy) is 14. The van der Waals surface area contributed by atoms with Crippen molar-refractivity contribution in [2.45, 2.75) is 184 Å². The molecule has 3 unspecified atom stereocenters. The first-order valence-electron chi connectivity index (χ1n) is 23.0. The van der Waals surface area contributed by atoms with E-state index in [1.54, 1.807) is 0 Å². The van der Waals surface area contributed by atoms with Crippen LogP contribution in [0.25, 0.3) is 0 Å². The summed E-state index contributed by atoms with van der Waals surface area (Å²) in [5.74, 6) is -1.15. The Hall–Kier alpha value is -1.53. The van der Waals surface area contributed by atoms with Crippen molar-refractivity contribution in [2.75, 3.05) is 52.9 Å². The summed E-state index contributed by atoms with van der Waals surface area (Å²) in [4.78, 5) is 12.4. The van der Waals surface area contributed by atoms with E-state index in [9.17, 15) is 86.5 Å². The molecule has 12 aliphatic rings. The molecule has 0 aromatic carbocycles. The van der Waals surface area contributed by atoms with Crippen molar-refractivity contribution in [1.82, 2.24) is 0 Å². The minimum atomic E-state index is -2.16. The van der Waals surface area contributed by atoms with Crippen LogP contribution in [0.4, 0.5) is 0 Å². The van der Waals surface area contributed by atoms with Gasteiger partial charge in [0.25, 0.3) is 0 Å². The molecule has 0 amide bonds. The third-order valence-corrected chi connectivity index (χ3v) is 13.7. The van der Waals surface area contributed by atoms with Crippen molar-refractivity contribution < 1.29 is 153 Å². The summed E-state index contributed by atoms with van der Waals surface area (Å²) in [6.45, 7) is -6.25. The number of hydrogen-bond donors (Lipinski definition) is 16. The third kappa shape index (κ3) is 11.2. The average molecular weight is 1040 g/mol. The first-order valence-corrected chi connectivity index (χ1v) is 23.0. The molecule has 0 spiro atoms. The molecule has 31 heteroatoms. The smallest absolute Gasteiger partial charge is 0.187 e. The largest absolute Gasteiger partial charge is 0.394 e. The highest BCUT2D eigenvalue weighted by atomic mass is 16.8. The molecule has 0 radical (unpaired) electrons. The number of carbonyl (C=O) groups is 1. The molecule has 12 heterocycles. The Morgan fingerprint density at radius 1 is 0.296 bits per heavy atom. The number of fused-ring (bicyclic) bond motifs is 4. The second kappa shape index (κ2) is 23.8. The molecule has 0 saturated carbocycles. The van der Waals surface area contributed by atoms with Crippen LogP contribution in [-0.4, -0.2) is 325 Å². The molecule has 12 bridgehead atoms. The van der Waals surface area contributed by atoms with E-state index in [1.807, 2.05) is 0 Å². The number of carbonyl (C=O) groups excluding carboxylic acids is 1. The Bertz CT molecular complexity index is 1570. The lowest BCUT2D eigenvalue weighted by molar-refractivity contribution is -0.404.